The van der Waals surface area contributed by atoms with Gasteiger partial charge in [-0.3, -0.25) is 14.6 Å². The molecule has 4 amide bonds. The number of hydrazine groups is 1. The number of allylic oxidation sites excluding steroid dienone is 3. The van der Waals surface area contributed by atoms with Crippen LogP contribution in [0.1, 0.15) is 51.7 Å². The number of aliphatic hydroxyl groups excluding tert-OH is 1. The van der Waals surface area contributed by atoms with Gasteiger partial charge in [0.25, 0.3) is 0 Å². The van der Waals surface area contributed by atoms with Crippen LogP contribution in [0.5, 0.6) is 0 Å². The number of hydrogen-bond acceptors (Lipinski definition) is 6. The number of aliphatic hydroxyl groups is 1. The first-order valence-electron chi connectivity index (χ1n) is 16.1. The van der Waals surface area contributed by atoms with Gasteiger partial charge in [-0.25, -0.2) is 9.80 Å². The van der Waals surface area contributed by atoms with Crippen molar-refractivity contribution in [1.29, 1.82) is 0 Å². The van der Waals surface area contributed by atoms with Gasteiger partial charge >= 0.3 is 6.03 Å². The van der Waals surface area contributed by atoms with Gasteiger partial charge in [0, 0.05) is 60.1 Å². The number of amides is 4. The minimum atomic E-state index is -0.562. The van der Waals surface area contributed by atoms with Crippen molar-refractivity contribution in [2.24, 2.45) is 0 Å². The number of para-hydroxylation sites is 1. The minimum Gasteiger partial charge on any atom is -0.389 e. The molecule has 10 nitrogen and oxygen atoms in total. The summed E-state index contributed by atoms with van der Waals surface area (Å²) in [4.78, 5) is 44.1. The smallest absolute Gasteiger partial charge is 0.331 e. The number of urea groups is 1. The molecule has 1 aliphatic carbocycles. The first-order chi connectivity index (χ1) is 22.0. The summed E-state index contributed by atoms with van der Waals surface area (Å²) < 4.78 is 0. The molecule has 2 N–H and O–H groups in total. The van der Waals surface area contributed by atoms with Crippen LogP contribution in [0.25, 0.3) is 0 Å². The molecule has 4 rings (SSSR count). The quantitative estimate of drug-likeness (QED) is 0.410. The van der Waals surface area contributed by atoms with Gasteiger partial charge in [-0.2, -0.15) is 0 Å². The Morgan fingerprint density at radius 2 is 1.63 bits per heavy atom. The largest absolute Gasteiger partial charge is 0.389 e. The van der Waals surface area contributed by atoms with Gasteiger partial charge < -0.3 is 25.1 Å². The highest BCUT2D eigenvalue weighted by Gasteiger charge is 2.35. The van der Waals surface area contributed by atoms with E-state index in [-0.39, 0.29) is 30.5 Å². The van der Waals surface area contributed by atoms with Crippen molar-refractivity contribution in [1.82, 2.24) is 25.1 Å². The molecule has 1 aliphatic heterocycles. The molecule has 0 radical (unpaired) electrons. The zero-order valence-electron chi connectivity index (χ0n) is 28.9. The van der Waals surface area contributed by atoms with Crippen molar-refractivity contribution in [3.63, 3.8) is 0 Å². The summed E-state index contributed by atoms with van der Waals surface area (Å²) in [5.74, 6) is -0.265. The maximum Gasteiger partial charge on any atom is 0.331 e. The Morgan fingerprint density at radius 3 is 2.30 bits per heavy atom. The second kappa shape index (κ2) is 19.4. The van der Waals surface area contributed by atoms with Crippen LogP contribution in [-0.2, 0) is 22.7 Å². The topological polar surface area (TPSA) is 99.7 Å². The molecule has 0 spiro atoms. The highest BCUT2D eigenvalue weighted by molar-refractivity contribution is 5.89. The molecule has 252 valence electrons. The SMILES string of the molecule is CC.CC1=CCCC(O)C=C1.C[C@H]1C(=O)N(Cc2ccccc2N(C)C)CCN1C(=O)CN(C)N(C)C(=O)NCc1ccccc1. The summed E-state index contributed by atoms with van der Waals surface area (Å²) in [6.07, 6.45) is 7.61. The zero-order valence-corrected chi connectivity index (χ0v) is 28.9. The molecule has 0 aromatic heterocycles. The zero-order chi connectivity index (χ0) is 34.2. The molecule has 1 heterocycles. The summed E-state index contributed by atoms with van der Waals surface area (Å²) >= 11 is 0. The first kappa shape index (κ1) is 38.0. The summed E-state index contributed by atoms with van der Waals surface area (Å²) in [7, 11) is 7.26. The number of nitrogens with zero attached hydrogens (tertiary/aromatic N) is 5. The molecule has 1 unspecified atom stereocenters. The van der Waals surface area contributed by atoms with E-state index in [2.05, 4.69) is 18.3 Å². The average molecular weight is 635 g/mol. The fourth-order valence-electron chi connectivity index (χ4n) is 5.06. The van der Waals surface area contributed by atoms with E-state index in [0.717, 1.165) is 29.7 Å². The van der Waals surface area contributed by atoms with Crippen molar-refractivity contribution in [2.45, 2.75) is 65.8 Å². The van der Waals surface area contributed by atoms with Crippen molar-refractivity contribution in [3.8, 4) is 0 Å². The van der Waals surface area contributed by atoms with Gasteiger partial charge in [0.1, 0.15) is 6.04 Å². The van der Waals surface area contributed by atoms with Gasteiger partial charge in [-0.15, -0.1) is 0 Å². The Kier molecular flexibility index (Phi) is 16.0. The van der Waals surface area contributed by atoms with Crippen LogP contribution in [0.15, 0.2) is 78.4 Å². The molecule has 2 aliphatic rings. The molecule has 10 heteroatoms. The van der Waals surface area contributed by atoms with Gasteiger partial charge in [0.05, 0.1) is 12.6 Å². The van der Waals surface area contributed by atoms with Crippen molar-refractivity contribution in [2.75, 3.05) is 52.7 Å². The van der Waals surface area contributed by atoms with E-state index < -0.39 is 6.04 Å². The number of hydrogen-bond donors (Lipinski definition) is 2. The third-order valence-electron chi connectivity index (χ3n) is 7.87. The number of rotatable bonds is 8. The maximum absolute atomic E-state index is 13.1. The number of anilines is 1. The lowest BCUT2D eigenvalue weighted by atomic mass is 10.1. The monoisotopic (exact) mass is 634 g/mol. The summed E-state index contributed by atoms with van der Waals surface area (Å²) in [5, 5.41) is 14.9. The van der Waals surface area contributed by atoms with Gasteiger partial charge in [0.2, 0.25) is 11.8 Å². The Bertz CT molecular complexity index is 1310. The van der Waals surface area contributed by atoms with Crippen molar-refractivity contribution < 1.29 is 19.5 Å². The molecule has 1 saturated heterocycles. The van der Waals surface area contributed by atoms with Gasteiger partial charge in [-0.1, -0.05) is 86.2 Å². The van der Waals surface area contributed by atoms with Crippen LogP contribution < -0.4 is 10.2 Å². The highest BCUT2D eigenvalue weighted by atomic mass is 16.3. The van der Waals surface area contributed by atoms with E-state index in [0.29, 0.717) is 26.2 Å². The number of carbonyl (C=O) groups excluding carboxylic acids is 3. The Labute approximate surface area is 275 Å². The van der Waals surface area contributed by atoms with E-state index >= 15 is 0 Å². The second-order valence-corrected chi connectivity index (χ2v) is 11.5. The van der Waals surface area contributed by atoms with Crippen molar-refractivity contribution in [3.05, 3.63) is 89.5 Å². The number of benzene rings is 2. The third-order valence-corrected chi connectivity index (χ3v) is 7.87. The predicted octanol–water partition coefficient (Wildman–Crippen LogP) is 4.67. The Morgan fingerprint density at radius 1 is 0.978 bits per heavy atom. The van der Waals surface area contributed by atoms with E-state index in [1.807, 2.05) is 104 Å². The van der Waals surface area contributed by atoms with Crippen molar-refractivity contribution >= 4 is 23.5 Å². The first-order valence-corrected chi connectivity index (χ1v) is 16.1. The average Bonchev–Trinajstić information content (AvgIpc) is 3.25. The minimum absolute atomic E-state index is 0.00363. The van der Waals surface area contributed by atoms with Gasteiger partial charge in [0.15, 0.2) is 0 Å². The number of nitrogens with one attached hydrogen (secondary N) is 1. The second-order valence-electron chi connectivity index (χ2n) is 11.5. The van der Waals surface area contributed by atoms with Crippen LogP contribution in [0, 0.1) is 0 Å². The lowest BCUT2D eigenvalue weighted by molar-refractivity contribution is -0.152. The summed E-state index contributed by atoms with van der Waals surface area (Å²) in [6.45, 7) is 9.63. The molecule has 46 heavy (non-hydrogen) atoms. The predicted molar refractivity (Wildman–Crippen MR) is 186 cm³/mol. The Hall–Kier alpha value is -4.15. The third kappa shape index (κ3) is 11.7. The fourth-order valence-corrected chi connectivity index (χ4v) is 5.06. The summed E-state index contributed by atoms with van der Waals surface area (Å²) in [6, 6.07) is 16.8. The van der Waals surface area contributed by atoms with E-state index in [1.165, 1.54) is 10.6 Å². The molecule has 1 fully saturated rings. The van der Waals surface area contributed by atoms with E-state index in [9.17, 15) is 14.4 Å². The Balaban J connectivity index is 0.000000569. The van der Waals surface area contributed by atoms with Crippen LogP contribution in [0.3, 0.4) is 0 Å². The van der Waals surface area contributed by atoms with E-state index in [4.69, 9.17) is 5.11 Å². The molecule has 0 bridgehead atoms. The highest BCUT2D eigenvalue weighted by Crippen LogP contribution is 2.22. The molecule has 2 aromatic carbocycles. The van der Waals surface area contributed by atoms with Crippen LogP contribution >= 0.6 is 0 Å². The number of likely N-dealkylation sites (N-methyl/N-ethyl adjacent to an activating group) is 1. The molecular weight excluding hydrogens is 580 g/mol. The van der Waals surface area contributed by atoms with Crippen LogP contribution in [0.4, 0.5) is 10.5 Å². The van der Waals surface area contributed by atoms with Crippen LogP contribution in [-0.4, -0.2) is 103 Å². The molecule has 2 atom stereocenters. The molecule has 0 saturated carbocycles. The summed E-state index contributed by atoms with van der Waals surface area (Å²) in [5.41, 5.74) is 4.39. The van der Waals surface area contributed by atoms with E-state index in [1.54, 1.807) is 30.9 Å². The normalized spacial score (nSPS) is 17.5. The lowest BCUT2D eigenvalue weighted by Gasteiger charge is -2.40. The number of piperazine rings is 1. The molecule has 2 aromatic rings. The molecular formula is C36H54N6O4. The maximum atomic E-state index is 13.1. The fraction of sp³-hybridized carbons (Fsp3) is 0.472. The lowest BCUT2D eigenvalue weighted by Crippen LogP contribution is -2.59. The van der Waals surface area contributed by atoms with Gasteiger partial charge in [-0.05, 0) is 43.9 Å². The number of carbonyl (C=O) groups is 3. The standard InChI is InChI=1S/C26H36N6O3.C8H12O.C2H6/c1-20-25(34)31(18-22-13-9-10-14-23(22)28(2)3)15-16-32(20)24(33)19-29(4)30(5)26(35)27-17-21-11-7-6-8-12-21;1-7-3-2-4-8(9)6-5-7;1-2/h6-14,20H,15-19H2,1-5H3,(H,27,35);3,5-6,8-9H,2,4H2,1H3;1-2H3/t20-;;/m0../s1. The van der Waals surface area contributed by atoms with Crippen LogP contribution in [0.2, 0.25) is 0 Å².